The van der Waals surface area contributed by atoms with Crippen LogP contribution in [0.3, 0.4) is 0 Å². The van der Waals surface area contributed by atoms with Gasteiger partial charge in [-0.3, -0.25) is 9.88 Å². The predicted molar refractivity (Wildman–Crippen MR) is 113 cm³/mol. The van der Waals surface area contributed by atoms with Crippen molar-refractivity contribution in [3.63, 3.8) is 0 Å². The van der Waals surface area contributed by atoms with Crippen LogP contribution in [0.2, 0.25) is 0 Å². The summed E-state index contributed by atoms with van der Waals surface area (Å²) < 4.78 is 35.4. The molecule has 8 heteroatoms. The summed E-state index contributed by atoms with van der Waals surface area (Å²) in [5.74, 6) is 1.82. The van der Waals surface area contributed by atoms with Crippen molar-refractivity contribution in [2.24, 2.45) is 11.8 Å². The number of rotatable bonds is 6. The number of anilines is 1. The number of alkyl halides is 2. The molecular weight excluding hydrogens is 402 g/mol. The maximum absolute atomic E-state index is 12.7. The third kappa shape index (κ3) is 4.11. The monoisotopic (exact) mass is 430 g/mol. The normalized spacial score (nSPS) is 28.0. The summed E-state index contributed by atoms with van der Waals surface area (Å²) in [5, 5.41) is 0. The molecule has 166 valence electrons. The van der Waals surface area contributed by atoms with Crippen LogP contribution in [0, 0.1) is 11.8 Å². The van der Waals surface area contributed by atoms with Gasteiger partial charge in [-0.1, -0.05) is 6.92 Å². The van der Waals surface area contributed by atoms with E-state index in [9.17, 15) is 8.78 Å². The van der Waals surface area contributed by atoms with Crippen molar-refractivity contribution in [1.82, 2.24) is 14.9 Å². The van der Waals surface area contributed by atoms with E-state index in [1.165, 1.54) is 24.5 Å². The molecule has 2 aliphatic carbocycles. The standard InChI is InChI=1S/C23H28F2N4O2/c1-2-15-7-13(21-17-10-16(11-18(17)21)29-3-5-30-6-4-29)8-19(28-15)14-9-20(31-23(24)25)22(26)27-12-14/h7-9,12,16-18,21,23H,2-6,10-11H2,1H3,(H2,26,27). The van der Waals surface area contributed by atoms with Gasteiger partial charge in [0.25, 0.3) is 0 Å². The highest BCUT2D eigenvalue weighted by Gasteiger charge is 2.57. The first-order valence-corrected chi connectivity index (χ1v) is 11.1. The molecule has 0 radical (unpaired) electrons. The van der Waals surface area contributed by atoms with Gasteiger partial charge in [-0.05, 0) is 60.8 Å². The van der Waals surface area contributed by atoms with E-state index < -0.39 is 6.61 Å². The number of nitrogens with two attached hydrogens (primary N) is 1. The van der Waals surface area contributed by atoms with Crippen LogP contribution < -0.4 is 10.5 Å². The van der Waals surface area contributed by atoms with E-state index in [4.69, 9.17) is 15.5 Å². The highest BCUT2D eigenvalue weighted by atomic mass is 19.3. The van der Waals surface area contributed by atoms with Gasteiger partial charge in [-0.2, -0.15) is 8.78 Å². The fourth-order valence-corrected chi connectivity index (χ4v) is 5.47. The molecule has 1 saturated heterocycles. The number of nitrogen functional groups attached to an aromatic ring is 1. The molecule has 5 rings (SSSR count). The summed E-state index contributed by atoms with van der Waals surface area (Å²) in [7, 11) is 0. The lowest BCUT2D eigenvalue weighted by Gasteiger charge is -2.33. The summed E-state index contributed by atoms with van der Waals surface area (Å²) in [6.07, 6.45) is 4.86. The van der Waals surface area contributed by atoms with Gasteiger partial charge in [0, 0.05) is 36.6 Å². The highest BCUT2D eigenvalue weighted by molar-refractivity contribution is 5.65. The average molecular weight is 430 g/mol. The zero-order valence-electron chi connectivity index (χ0n) is 17.6. The van der Waals surface area contributed by atoms with Crippen molar-refractivity contribution in [1.29, 1.82) is 0 Å². The Labute approximate surface area is 180 Å². The number of fused-ring (bicyclic) bond motifs is 1. The lowest BCUT2D eigenvalue weighted by molar-refractivity contribution is -0.0494. The van der Waals surface area contributed by atoms with Crippen molar-refractivity contribution < 1.29 is 18.3 Å². The molecule has 2 aromatic heterocycles. The van der Waals surface area contributed by atoms with Crippen LogP contribution in [-0.4, -0.2) is 53.8 Å². The SMILES string of the molecule is CCc1cc(C2C3CC(N4CCOCC4)CC32)cc(-c2cnc(N)c(OC(F)F)c2)n1. The van der Waals surface area contributed by atoms with Gasteiger partial charge >= 0.3 is 6.61 Å². The summed E-state index contributed by atoms with van der Waals surface area (Å²) in [4.78, 5) is 11.3. The van der Waals surface area contributed by atoms with Crippen LogP contribution in [0.1, 0.15) is 36.9 Å². The number of halogens is 2. The number of pyridine rings is 2. The van der Waals surface area contributed by atoms with Crippen molar-refractivity contribution in [2.45, 2.75) is 44.8 Å². The Balaban J connectivity index is 1.36. The van der Waals surface area contributed by atoms with Crippen molar-refractivity contribution in [3.8, 4) is 17.0 Å². The minimum absolute atomic E-state index is 0.0539. The fraction of sp³-hybridized carbons (Fsp3) is 0.565. The molecule has 0 bridgehead atoms. The molecule has 6 nitrogen and oxygen atoms in total. The number of aryl methyl sites for hydroxylation is 1. The Morgan fingerprint density at radius 3 is 2.61 bits per heavy atom. The van der Waals surface area contributed by atoms with E-state index in [0.29, 0.717) is 17.5 Å². The van der Waals surface area contributed by atoms with Crippen LogP contribution in [0.5, 0.6) is 5.75 Å². The third-order valence-electron chi connectivity index (χ3n) is 7.02. The number of hydrogen-bond donors (Lipinski definition) is 1. The van der Waals surface area contributed by atoms with Gasteiger partial charge in [-0.25, -0.2) is 4.98 Å². The topological polar surface area (TPSA) is 73.5 Å². The second-order valence-corrected chi connectivity index (χ2v) is 8.74. The predicted octanol–water partition coefficient (Wildman–Crippen LogP) is 3.71. The van der Waals surface area contributed by atoms with Gasteiger partial charge in [-0.15, -0.1) is 0 Å². The van der Waals surface area contributed by atoms with Gasteiger partial charge in [0.05, 0.1) is 18.9 Å². The van der Waals surface area contributed by atoms with Gasteiger partial charge in [0.15, 0.2) is 11.6 Å². The molecule has 0 amide bonds. The van der Waals surface area contributed by atoms with E-state index in [1.807, 2.05) is 0 Å². The van der Waals surface area contributed by atoms with E-state index in [1.54, 1.807) is 6.20 Å². The molecule has 2 aromatic rings. The van der Waals surface area contributed by atoms with Gasteiger partial charge in [0.1, 0.15) is 0 Å². The van der Waals surface area contributed by atoms with Crippen LogP contribution in [-0.2, 0) is 11.2 Å². The molecule has 3 heterocycles. The Hall–Kier alpha value is -2.32. The smallest absolute Gasteiger partial charge is 0.387 e. The molecule has 2 unspecified atom stereocenters. The molecule has 3 fully saturated rings. The number of aromatic nitrogens is 2. The number of ether oxygens (including phenoxy) is 2. The second kappa shape index (κ2) is 8.31. The minimum atomic E-state index is -2.95. The highest BCUT2D eigenvalue weighted by Crippen LogP contribution is 2.64. The molecule has 3 aliphatic rings. The van der Waals surface area contributed by atoms with E-state index in [2.05, 4.69) is 33.7 Å². The first-order valence-electron chi connectivity index (χ1n) is 11.1. The molecule has 2 atom stereocenters. The quantitative estimate of drug-likeness (QED) is 0.753. The summed E-state index contributed by atoms with van der Waals surface area (Å²) in [6.45, 7) is 2.90. The summed E-state index contributed by atoms with van der Waals surface area (Å²) in [5.41, 5.74) is 9.36. The molecule has 2 N–H and O–H groups in total. The van der Waals surface area contributed by atoms with E-state index in [0.717, 1.165) is 55.9 Å². The lowest BCUT2D eigenvalue weighted by atomic mass is 9.97. The van der Waals surface area contributed by atoms with Crippen molar-refractivity contribution >= 4 is 5.82 Å². The van der Waals surface area contributed by atoms with E-state index in [-0.39, 0.29) is 11.6 Å². The minimum Gasteiger partial charge on any atom is -0.431 e. The Kier molecular flexibility index (Phi) is 5.52. The molecule has 0 aromatic carbocycles. The van der Waals surface area contributed by atoms with E-state index >= 15 is 0 Å². The Morgan fingerprint density at radius 2 is 1.94 bits per heavy atom. The van der Waals surface area contributed by atoms with Gasteiger partial charge < -0.3 is 15.2 Å². The maximum Gasteiger partial charge on any atom is 0.387 e. The van der Waals surface area contributed by atoms with Crippen LogP contribution in [0.15, 0.2) is 24.4 Å². The third-order valence-corrected chi connectivity index (χ3v) is 7.02. The molecule has 1 aliphatic heterocycles. The number of hydrogen-bond acceptors (Lipinski definition) is 6. The summed E-state index contributed by atoms with van der Waals surface area (Å²) >= 11 is 0. The fourth-order valence-electron chi connectivity index (χ4n) is 5.47. The van der Waals surface area contributed by atoms with Crippen LogP contribution in [0.4, 0.5) is 14.6 Å². The largest absolute Gasteiger partial charge is 0.431 e. The zero-order chi connectivity index (χ0) is 21.5. The number of nitrogens with zero attached hydrogens (tertiary/aromatic N) is 3. The second-order valence-electron chi connectivity index (χ2n) is 8.74. The van der Waals surface area contributed by atoms with Crippen LogP contribution >= 0.6 is 0 Å². The Morgan fingerprint density at radius 1 is 1.19 bits per heavy atom. The Bertz CT molecular complexity index is 939. The first-order chi connectivity index (χ1) is 15.0. The first kappa shape index (κ1) is 20.6. The molecule has 2 saturated carbocycles. The molecule has 0 spiro atoms. The maximum atomic E-state index is 12.7. The van der Waals surface area contributed by atoms with Crippen LogP contribution in [0.25, 0.3) is 11.3 Å². The summed E-state index contributed by atoms with van der Waals surface area (Å²) in [6, 6.07) is 6.47. The number of morpholine rings is 1. The van der Waals surface area contributed by atoms with Gasteiger partial charge in [0.2, 0.25) is 0 Å². The lowest BCUT2D eigenvalue weighted by Crippen LogP contribution is -2.43. The van der Waals surface area contributed by atoms with Crippen molar-refractivity contribution in [3.05, 3.63) is 35.7 Å². The molecular formula is C23H28F2N4O2. The molecule has 31 heavy (non-hydrogen) atoms. The average Bonchev–Trinajstić information content (AvgIpc) is 3.28. The zero-order valence-corrected chi connectivity index (χ0v) is 17.6. The van der Waals surface area contributed by atoms with Crippen molar-refractivity contribution in [2.75, 3.05) is 32.0 Å².